The first-order valence-electron chi connectivity index (χ1n) is 5.40. The largest absolute Gasteiger partial charge is 0.321 e. The number of nitrogens with one attached hydrogen (secondary N) is 1. The quantitative estimate of drug-likeness (QED) is 0.827. The van der Waals surface area contributed by atoms with Gasteiger partial charge < -0.3 is 5.32 Å². The molecule has 0 aliphatic carbocycles. The predicted octanol–water partition coefficient (Wildman–Crippen LogP) is 3.75. The highest BCUT2D eigenvalue weighted by Crippen LogP contribution is 2.23. The van der Waals surface area contributed by atoms with Crippen LogP contribution in [-0.4, -0.2) is 5.91 Å². The Balaban J connectivity index is 2.22. The van der Waals surface area contributed by atoms with Gasteiger partial charge >= 0.3 is 0 Å². The molecule has 0 aromatic heterocycles. The summed E-state index contributed by atoms with van der Waals surface area (Å²) in [4.78, 5) is 12.7. The molecule has 94 valence electrons. The molecule has 0 bridgehead atoms. The first-order valence-corrected chi connectivity index (χ1v) is 6.22. The van der Waals surface area contributed by atoms with Gasteiger partial charge in [0, 0.05) is 10.5 Å². The van der Waals surface area contributed by atoms with Gasteiger partial charge in [-0.2, -0.15) is 5.26 Å². The topological polar surface area (TPSA) is 52.9 Å². The van der Waals surface area contributed by atoms with Crippen LogP contribution in [0.5, 0.6) is 0 Å². The van der Waals surface area contributed by atoms with Crippen molar-refractivity contribution in [3.8, 4) is 6.07 Å². The average Bonchev–Trinajstić information content (AvgIpc) is 2.41. The third-order valence-corrected chi connectivity index (χ3v) is 3.05. The lowest BCUT2D eigenvalue weighted by molar-refractivity contribution is 0.102. The van der Waals surface area contributed by atoms with Crippen LogP contribution in [0.4, 0.5) is 5.69 Å². The van der Waals surface area contributed by atoms with Gasteiger partial charge in [0.1, 0.15) is 0 Å². The summed E-state index contributed by atoms with van der Waals surface area (Å²) >= 11 is 10.2. The van der Waals surface area contributed by atoms with Gasteiger partial charge in [-0.25, -0.2) is 0 Å². The Kier molecular flexibility index (Phi) is 4.10. The first-order chi connectivity index (χ1) is 9.10. The number of carbonyl (C=O) groups is 1. The maximum atomic E-state index is 12.0. The summed E-state index contributed by atoms with van der Waals surface area (Å²) in [7, 11) is 0. The molecular formula is C14H9ClN2OS. The molecule has 0 saturated carbocycles. The molecule has 0 aliphatic heterocycles. The van der Waals surface area contributed by atoms with Crippen LogP contribution >= 0.6 is 24.2 Å². The van der Waals surface area contributed by atoms with Gasteiger partial charge in [-0.3, -0.25) is 4.79 Å². The molecular weight excluding hydrogens is 280 g/mol. The van der Waals surface area contributed by atoms with Crippen LogP contribution < -0.4 is 5.32 Å². The predicted molar refractivity (Wildman–Crippen MR) is 77.8 cm³/mol. The van der Waals surface area contributed by atoms with Crippen LogP contribution in [0.2, 0.25) is 5.02 Å². The molecule has 0 spiro atoms. The Hall–Kier alpha value is -1.96. The van der Waals surface area contributed by atoms with Gasteiger partial charge in [-0.15, -0.1) is 12.6 Å². The summed E-state index contributed by atoms with van der Waals surface area (Å²) in [5.41, 5.74) is 1.41. The molecule has 5 heteroatoms. The second kappa shape index (κ2) is 5.79. The molecule has 1 amide bonds. The summed E-state index contributed by atoms with van der Waals surface area (Å²) in [5.74, 6) is -0.275. The SMILES string of the molecule is N#Cc1ccc(NC(=O)c2cccc(S)c2)c(Cl)c1. The van der Waals surface area contributed by atoms with Gasteiger partial charge in [-0.05, 0) is 36.4 Å². The molecule has 0 radical (unpaired) electrons. The number of halogens is 1. The molecule has 0 atom stereocenters. The zero-order valence-electron chi connectivity index (χ0n) is 9.72. The maximum absolute atomic E-state index is 12.0. The van der Waals surface area contributed by atoms with Crippen LogP contribution in [0.3, 0.4) is 0 Å². The standard InChI is InChI=1S/C14H9ClN2OS/c15-12-6-9(8-16)4-5-13(12)17-14(18)10-2-1-3-11(19)7-10/h1-7,19H,(H,17,18). The summed E-state index contributed by atoms with van der Waals surface area (Å²) in [6.07, 6.45) is 0. The van der Waals surface area contributed by atoms with E-state index in [0.29, 0.717) is 26.7 Å². The lowest BCUT2D eigenvalue weighted by Gasteiger charge is -2.07. The van der Waals surface area contributed by atoms with E-state index in [1.54, 1.807) is 36.4 Å². The van der Waals surface area contributed by atoms with Crippen molar-refractivity contribution in [1.82, 2.24) is 0 Å². The van der Waals surface area contributed by atoms with Gasteiger partial charge in [0.05, 0.1) is 22.3 Å². The van der Waals surface area contributed by atoms with Crippen molar-refractivity contribution in [2.24, 2.45) is 0 Å². The minimum atomic E-state index is -0.275. The number of hydrogen-bond acceptors (Lipinski definition) is 3. The van der Waals surface area contributed by atoms with E-state index in [4.69, 9.17) is 16.9 Å². The van der Waals surface area contributed by atoms with Crippen molar-refractivity contribution in [2.75, 3.05) is 5.32 Å². The molecule has 2 aromatic rings. The van der Waals surface area contributed by atoms with Gasteiger partial charge in [0.2, 0.25) is 0 Å². The van der Waals surface area contributed by atoms with E-state index in [-0.39, 0.29) is 5.91 Å². The highest BCUT2D eigenvalue weighted by Gasteiger charge is 2.09. The van der Waals surface area contributed by atoms with Gasteiger partial charge in [0.15, 0.2) is 0 Å². The van der Waals surface area contributed by atoms with E-state index in [9.17, 15) is 4.79 Å². The van der Waals surface area contributed by atoms with E-state index in [1.165, 1.54) is 6.07 Å². The Morgan fingerprint density at radius 2 is 2.05 bits per heavy atom. The number of rotatable bonds is 2. The fraction of sp³-hybridized carbons (Fsp3) is 0. The smallest absolute Gasteiger partial charge is 0.255 e. The average molecular weight is 289 g/mol. The van der Waals surface area contributed by atoms with Crippen LogP contribution in [0.25, 0.3) is 0 Å². The number of nitriles is 1. The van der Waals surface area contributed by atoms with Crippen LogP contribution in [0.15, 0.2) is 47.4 Å². The number of anilines is 1. The fourth-order valence-corrected chi connectivity index (χ4v) is 1.98. The van der Waals surface area contributed by atoms with E-state index >= 15 is 0 Å². The highest BCUT2D eigenvalue weighted by molar-refractivity contribution is 7.80. The normalized spacial score (nSPS) is 9.74. The Labute approximate surface area is 121 Å². The Bertz CT molecular complexity index is 679. The minimum absolute atomic E-state index is 0.275. The molecule has 0 aliphatic rings. The highest BCUT2D eigenvalue weighted by atomic mass is 35.5. The summed E-state index contributed by atoms with van der Waals surface area (Å²) in [5, 5.41) is 11.8. The Morgan fingerprint density at radius 1 is 1.26 bits per heavy atom. The molecule has 0 fully saturated rings. The number of amides is 1. The van der Waals surface area contributed by atoms with Crippen LogP contribution in [0.1, 0.15) is 15.9 Å². The molecule has 3 nitrogen and oxygen atoms in total. The molecule has 0 heterocycles. The van der Waals surface area contributed by atoms with Crippen LogP contribution in [-0.2, 0) is 0 Å². The van der Waals surface area contributed by atoms with Crippen molar-refractivity contribution >= 4 is 35.8 Å². The zero-order chi connectivity index (χ0) is 13.8. The molecule has 2 aromatic carbocycles. The summed E-state index contributed by atoms with van der Waals surface area (Å²) in [6, 6.07) is 13.6. The molecule has 1 N–H and O–H groups in total. The number of benzene rings is 2. The van der Waals surface area contributed by atoms with Crippen molar-refractivity contribution in [3.63, 3.8) is 0 Å². The van der Waals surface area contributed by atoms with Crippen molar-refractivity contribution in [3.05, 3.63) is 58.6 Å². The fourth-order valence-electron chi connectivity index (χ4n) is 1.53. The lowest BCUT2D eigenvalue weighted by Crippen LogP contribution is -2.12. The van der Waals surface area contributed by atoms with Crippen molar-refractivity contribution < 1.29 is 4.79 Å². The van der Waals surface area contributed by atoms with E-state index in [0.717, 1.165) is 0 Å². The van der Waals surface area contributed by atoms with Crippen molar-refractivity contribution in [1.29, 1.82) is 5.26 Å². The zero-order valence-corrected chi connectivity index (χ0v) is 11.4. The monoisotopic (exact) mass is 288 g/mol. The third kappa shape index (κ3) is 3.28. The molecule has 0 saturated heterocycles. The van der Waals surface area contributed by atoms with E-state index in [2.05, 4.69) is 17.9 Å². The second-order valence-electron chi connectivity index (χ2n) is 3.81. The number of carbonyl (C=O) groups excluding carboxylic acids is 1. The third-order valence-electron chi connectivity index (χ3n) is 2.45. The van der Waals surface area contributed by atoms with E-state index < -0.39 is 0 Å². The first kappa shape index (κ1) is 13.5. The summed E-state index contributed by atoms with van der Waals surface area (Å²) < 4.78 is 0. The number of nitrogens with zero attached hydrogens (tertiary/aromatic N) is 1. The number of hydrogen-bond donors (Lipinski definition) is 2. The maximum Gasteiger partial charge on any atom is 0.255 e. The lowest BCUT2D eigenvalue weighted by atomic mass is 10.2. The summed E-state index contributed by atoms with van der Waals surface area (Å²) in [6.45, 7) is 0. The van der Waals surface area contributed by atoms with Gasteiger partial charge in [0.25, 0.3) is 5.91 Å². The Morgan fingerprint density at radius 3 is 2.68 bits per heavy atom. The van der Waals surface area contributed by atoms with E-state index in [1.807, 2.05) is 6.07 Å². The minimum Gasteiger partial charge on any atom is -0.321 e. The molecule has 19 heavy (non-hydrogen) atoms. The van der Waals surface area contributed by atoms with Crippen molar-refractivity contribution in [2.45, 2.75) is 4.90 Å². The molecule has 0 unspecified atom stereocenters. The van der Waals surface area contributed by atoms with Crippen LogP contribution in [0, 0.1) is 11.3 Å². The second-order valence-corrected chi connectivity index (χ2v) is 4.73. The number of thiol groups is 1. The van der Waals surface area contributed by atoms with Gasteiger partial charge in [-0.1, -0.05) is 17.7 Å². The molecule has 2 rings (SSSR count).